The molecular formula is C19H16F2N2O3. The summed E-state index contributed by atoms with van der Waals surface area (Å²) in [6, 6.07) is 10.3. The number of amides is 1. The van der Waals surface area contributed by atoms with Gasteiger partial charge in [-0.25, -0.2) is 8.78 Å². The van der Waals surface area contributed by atoms with Crippen molar-refractivity contribution in [1.82, 2.24) is 5.16 Å². The van der Waals surface area contributed by atoms with E-state index in [0.29, 0.717) is 23.1 Å². The van der Waals surface area contributed by atoms with Gasteiger partial charge in [0.2, 0.25) is 0 Å². The minimum atomic E-state index is -0.878. The predicted octanol–water partition coefficient (Wildman–Crippen LogP) is 4.40. The van der Waals surface area contributed by atoms with Crippen molar-refractivity contribution in [2.75, 3.05) is 5.32 Å². The number of aromatic nitrogens is 1. The number of anilines is 1. The molecule has 3 rings (SSSR count). The van der Waals surface area contributed by atoms with Crippen LogP contribution in [0, 0.1) is 25.5 Å². The molecule has 0 aliphatic heterocycles. The van der Waals surface area contributed by atoms with Gasteiger partial charge in [0.25, 0.3) is 5.91 Å². The van der Waals surface area contributed by atoms with Crippen molar-refractivity contribution in [2.45, 2.75) is 20.5 Å². The van der Waals surface area contributed by atoms with Crippen molar-refractivity contribution in [1.29, 1.82) is 0 Å². The molecule has 0 spiro atoms. The number of rotatable bonds is 5. The number of carbonyl (C=O) groups is 1. The van der Waals surface area contributed by atoms with E-state index < -0.39 is 17.5 Å². The van der Waals surface area contributed by atoms with Gasteiger partial charge in [-0.1, -0.05) is 23.4 Å². The van der Waals surface area contributed by atoms with Crippen LogP contribution in [0.15, 0.2) is 47.0 Å². The normalized spacial score (nSPS) is 10.6. The molecule has 7 heteroatoms. The van der Waals surface area contributed by atoms with Gasteiger partial charge in [-0.3, -0.25) is 4.79 Å². The summed E-state index contributed by atoms with van der Waals surface area (Å²) in [5.41, 5.74) is 1.23. The number of nitrogens with one attached hydrogen (secondary N) is 1. The molecule has 2 aromatic carbocycles. The van der Waals surface area contributed by atoms with E-state index in [1.165, 1.54) is 0 Å². The minimum absolute atomic E-state index is 0.0141. The zero-order valence-electron chi connectivity index (χ0n) is 14.2. The fourth-order valence-electron chi connectivity index (χ4n) is 2.38. The van der Waals surface area contributed by atoms with Gasteiger partial charge < -0.3 is 14.6 Å². The van der Waals surface area contributed by atoms with Crippen LogP contribution < -0.4 is 10.1 Å². The van der Waals surface area contributed by atoms with Crippen LogP contribution >= 0.6 is 0 Å². The highest BCUT2D eigenvalue weighted by Crippen LogP contribution is 2.22. The molecule has 1 heterocycles. The Bertz CT molecular complexity index is 954. The van der Waals surface area contributed by atoms with Crippen molar-refractivity contribution in [3.05, 3.63) is 76.7 Å². The summed E-state index contributed by atoms with van der Waals surface area (Å²) >= 11 is 0. The summed E-state index contributed by atoms with van der Waals surface area (Å²) in [4.78, 5) is 12.4. The summed E-state index contributed by atoms with van der Waals surface area (Å²) < 4.78 is 37.5. The maximum absolute atomic E-state index is 13.7. The minimum Gasteiger partial charge on any atom is -0.488 e. The monoisotopic (exact) mass is 358 g/mol. The zero-order chi connectivity index (χ0) is 18.7. The van der Waals surface area contributed by atoms with E-state index in [2.05, 4.69) is 10.5 Å². The lowest BCUT2D eigenvalue weighted by Gasteiger charge is -2.09. The Balaban J connectivity index is 1.78. The molecule has 0 aliphatic rings. The topological polar surface area (TPSA) is 64.4 Å². The Kier molecular flexibility index (Phi) is 4.97. The Morgan fingerprint density at radius 2 is 1.96 bits per heavy atom. The Labute approximate surface area is 148 Å². The number of aryl methyl sites for hydroxylation is 2. The van der Waals surface area contributed by atoms with Crippen LogP contribution in [0.4, 0.5) is 14.5 Å². The van der Waals surface area contributed by atoms with Crippen LogP contribution in [-0.4, -0.2) is 11.1 Å². The molecule has 26 heavy (non-hydrogen) atoms. The van der Waals surface area contributed by atoms with Crippen LogP contribution in [0.2, 0.25) is 0 Å². The van der Waals surface area contributed by atoms with E-state index in [4.69, 9.17) is 9.26 Å². The third-order valence-corrected chi connectivity index (χ3v) is 3.84. The van der Waals surface area contributed by atoms with Crippen LogP contribution in [0.5, 0.6) is 5.75 Å². The molecule has 0 saturated heterocycles. The first-order valence-electron chi connectivity index (χ1n) is 7.85. The van der Waals surface area contributed by atoms with Gasteiger partial charge in [0.15, 0.2) is 5.69 Å². The largest absolute Gasteiger partial charge is 0.488 e. The van der Waals surface area contributed by atoms with Gasteiger partial charge in [0, 0.05) is 6.07 Å². The summed E-state index contributed by atoms with van der Waals surface area (Å²) in [6.45, 7) is 3.62. The summed E-state index contributed by atoms with van der Waals surface area (Å²) in [6.07, 6.45) is 0. The lowest BCUT2D eigenvalue weighted by Crippen LogP contribution is -2.16. The molecule has 1 N–H and O–H groups in total. The van der Waals surface area contributed by atoms with E-state index >= 15 is 0 Å². The summed E-state index contributed by atoms with van der Waals surface area (Å²) in [5, 5.41) is 6.09. The third kappa shape index (κ3) is 3.72. The molecule has 1 amide bonds. The Hall–Kier alpha value is -3.22. The Morgan fingerprint density at radius 3 is 2.69 bits per heavy atom. The van der Waals surface area contributed by atoms with Crippen LogP contribution in [0.25, 0.3) is 0 Å². The van der Waals surface area contributed by atoms with Crippen molar-refractivity contribution < 1.29 is 22.8 Å². The molecule has 0 bridgehead atoms. The quantitative estimate of drug-likeness (QED) is 0.734. The molecule has 0 radical (unpaired) electrons. The van der Waals surface area contributed by atoms with E-state index in [-0.39, 0.29) is 18.0 Å². The first-order chi connectivity index (χ1) is 12.5. The Morgan fingerprint density at radius 1 is 1.19 bits per heavy atom. The van der Waals surface area contributed by atoms with Gasteiger partial charge in [0.1, 0.15) is 29.8 Å². The SMILES string of the molecule is Cc1ccccc1OCc1c(C(=O)Nc2ccc(F)cc2F)noc1C. The maximum atomic E-state index is 13.7. The molecule has 0 aliphatic carbocycles. The number of para-hydroxylation sites is 1. The number of carbonyl (C=O) groups excluding carboxylic acids is 1. The zero-order valence-corrected chi connectivity index (χ0v) is 14.2. The highest BCUT2D eigenvalue weighted by Gasteiger charge is 2.21. The van der Waals surface area contributed by atoms with Crippen molar-refractivity contribution in [2.24, 2.45) is 0 Å². The van der Waals surface area contributed by atoms with Crippen molar-refractivity contribution in [3.8, 4) is 5.75 Å². The second-order valence-electron chi connectivity index (χ2n) is 5.70. The maximum Gasteiger partial charge on any atom is 0.278 e. The first-order valence-corrected chi connectivity index (χ1v) is 7.85. The number of hydrogen-bond acceptors (Lipinski definition) is 4. The molecule has 0 atom stereocenters. The molecule has 3 aromatic rings. The highest BCUT2D eigenvalue weighted by atomic mass is 19.1. The van der Waals surface area contributed by atoms with Crippen LogP contribution in [-0.2, 0) is 6.61 Å². The average molecular weight is 358 g/mol. The fraction of sp³-hybridized carbons (Fsp3) is 0.158. The standard InChI is InChI=1S/C19H16F2N2O3/c1-11-5-3-4-6-17(11)25-10-14-12(2)26-23-18(14)19(24)22-16-8-7-13(20)9-15(16)21/h3-9H,10H2,1-2H3,(H,22,24). The smallest absolute Gasteiger partial charge is 0.278 e. The van der Waals surface area contributed by atoms with E-state index in [1.807, 2.05) is 31.2 Å². The second-order valence-corrected chi connectivity index (χ2v) is 5.70. The summed E-state index contributed by atoms with van der Waals surface area (Å²) in [5.74, 6) is -1.19. The predicted molar refractivity (Wildman–Crippen MR) is 91.1 cm³/mol. The van der Waals surface area contributed by atoms with Crippen molar-refractivity contribution in [3.63, 3.8) is 0 Å². The molecule has 1 aromatic heterocycles. The van der Waals surface area contributed by atoms with Crippen LogP contribution in [0.1, 0.15) is 27.4 Å². The summed E-state index contributed by atoms with van der Waals surface area (Å²) in [7, 11) is 0. The molecule has 134 valence electrons. The molecule has 0 unspecified atom stereocenters. The van der Waals surface area contributed by atoms with Gasteiger partial charge >= 0.3 is 0 Å². The third-order valence-electron chi connectivity index (χ3n) is 3.84. The van der Waals surface area contributed by atoms with Crippen LogP contribution in [0.3, 0.4) is 0 Å². The van der Waals surface area contributed by atoms with Gasteiger partial charge in [-0.2, -0.15) is 0 Å². The average Bonchev–Trinajstić information content (AvgIpc) is 2.97. The number of hydrogen-bond donors (Lipinski definition) is 1. The van der Waals surface area contributed by atoms with E-state index in [0.717, 1.165) is 17.7 Å². The molecule has 0 fully saturated rings. The molecular weight excluding hydrogens is 342 g/mol. The van der Waals surface area contributed by atoms with Crippen molar-refractivity contribution >= 4 is 11.6 Å². The first kappa shape index (κ1) is 17.6. The fourth-order valence-corrected chi connectivity index (χ4v) is 2.38. The lowest BCUT2D eigenvalue weighted by atomic mass is 10.2. The number of ether oxygens (including phenoxy) is 1. The van der Waals surface area contributed by atoms with Gasteiger partial charge in [0.05, 0.1) is 11.3 Å². The highest BCUT2D eigenvalue weighted by molar-refractivity contribution is 6.03. The van der Waals surface area contributed by atoms with Gasteiger partial charge in [-0.15, -0.1) is 0 Å². The van der Waals surface area contributed by atoms with Gasteiger partial charge in [-0.05, 0) is 37.6 Å². The molecule has 0 saturated carbocycles. The molecule has 5 nitrogen and oxygen atoms in total. The number of nitrogens with zero attached hydrogens (tertiary/aromatic N) is 1. The number of halogens is 2. The number of benzene rings is 2. The second kappa shape index (κ2) is 7.35. The van der Waals surface area contributed by atoms with E-state index in [9.17, 15) is 13.6 Å². The van der Waals surface area contributed by atoms with E-state index in [1.54, 1.807) is 6.92 Å². The lowest BCUT2D eigenvalue weighted by molar-refractivity contribution is 0.101.